The third-order valence-corrected chi connectivity index (χ3v) is 123. The Morgan fingerprint density at radius 3 is 0.969 bits per heavy atom. The molecule has 0 bridgehead atoms. The highest BCUT2D eigenvalue weighted by Crippen LogP contribution is 3.99. The summed E-state index contributed by atoms with van der Waals surface area (Å²) in [6, 6.07) is 0. The van der Waals surface area contributed by atoms with Crippen LogP contribution in [0.3, 0.4) is 0 Å². The second-order valence-electron chi connectivity index (χ2n) is 88.2. The molecule has 122 unspecified atom stereocenters. The quantitative estimate of drug-likeness (QED) is 0.227. The van der Waals surface area contributed by atoms with Crippen LogP contribution in [-0.2, 0) is 0 Å². The zero-order chi connectivity index (χ0) is 68.9. The zero-order valence-corrected chi connectivity index (χ0v) is 68.9. The molecule has 104 fully saturated rings. The minimum absolute atomic E-state index is 1.01. The molecule has 0 aromatic rings. The van der Waals surface area contributed by atoms with Gasteiger partial charge in [0.25, 0.3) is 0 Å². The van der Waals surface area contributed by atoms with Gasteiger partial charge in [-0.3, -0.25) is 0 Å². The molecular formula is C129H52. The largest absolute Gasteiger partial charge is 0.0461 e. The molecule has 0 heteroatoms. The van der Waals surface area contributed by atoms with Gasteiger partial charge in [-0.1, -0.05) is 0 Å². The Balaban J connectivity index is 0.552. The van der Waals surface area contributed by atoms with E-state index in [2.05, 4.69) is 12.8 Å². The third kappa shape index (κ3) is 0.692. The van der Waals surface area contributed by atoms with Crippen LogP contribution in [0.4, 0.5) is 0 Å². The van der Waals surface area contributed by atoms with Crippen LogP contribution in [0.1, 0.15) is 44.9 Å². The van der Waals surface area contributed by atoms with Gasteiger partial charge in [-0.25, -0.2) is 0 Å². The monoisotopic (exact) mass is 1600 g/mol. The predicted octanol–water partition coefficient (Wildman–Crippen LogP) is 10.8. The molecule has 0 heterocycles. The molecule has 122 atom stereocenters. The van der Waals surface area contributed by atoms with Crippen molar-refractivity contribution in [3.05, 3.63) is 227 Å². The fourth-order valence-corrected chi connectivity index (χ4v) is 165. The van der Waals surface area contributed by atoms with Gasteiger partial charge in [-0.05, 0) is 725 Å². The first-order chi connectivity index (χ1) is 64.2. The number of rotatable bonds is 0. The van der Waals surface area contributed by atoms with Gasteiger partial charge in [0.2, 0.25) is 0 Å². The molecule has 0 aliphatic heterocycles. The summed E-state index contributed by atoms with van der Waals surface area (Å²) in [5.74, 6) is 55.8. The van der Waals surface area contributed by atoms with E-state index in [4.69, 9.17) is 0 Å². The summed E-state index contributed by atoms with van der Waals surface area (Å²) < 4.78 is 0. The standard InChI is InChI=1S/C129H52/c1-2-47-40-14-5-10-16-11-4-8-3-9-17-21-25-22-18-12-6-13-19-23-26-28-30-32-31-29-27-24-20-15-7-46(1)41-39-42(47)80-76(39)78(41)53(15,46)57(20)61(24)64(27)66(29)68(31)69(32)67(30)65(28)63(26)60(23)56(19)50(12,13)55(18)59(22)62(25)58(21)54(17)48(8,9)43-37-35-33-34-36-38-44-51(11)52(16)45-49(10,14)77(40)82(45)85(52)84(51)81(44)75(38)73(36)71(34)70(33)72(35)74(37)79(43,54)88(58)91(62)89(59)86(55,56)90(60)95(63)98(65)101(67)103(69)102(68)99(66)96(64)92(61)87(57,78)94(76)107(80)109(82,83(47,77)80)111(85)110(84)108(81)106(75)105(73)104(71)100(70)97(72)93(74,88)113(91)112(89,90)115(95)116(97,113)119(100)118(98,115)121(101)122(104,119)125(105)124(103,121)123(102)120(99)117(96)114(92,94)127(107,111)129(110,117)128(108,120)126(106,123)125/h8-45H,1-7H2. The normalized spacial score (nSPS) is 158. The predicted molar refractivity (Wildman–Crippen MR) is 403 cm³/mol. The maximum Gasteiger partial charge on any atom is -0.00000138 e. The highest BCUT2D eigenvalue weighted by molar-refractivity contribution is 7.01. The molecule has 0 amide bonds. The molecule has 129 heavy (non-hydrogen) atoms. The van der Waals surface area contributed by atoms with Crippen molar-refractivity contribution in [1.82, 2.24) is 0 Å². The van der Waals surface area contributed by atoms with Crippen LogP contribution >= 0.6 is 0 Å². The van der Waals surface area contributed by atoms with Gasteiger partial charge in [0.05, 0.1) is 0 Å². The van der Waals surface area contributed by atoms with Crippen molar-refractivity contribution in [3.8, 4) is 0 Å². The first kappa shape index (κ1) is 39.3. The molecule has 0 saturated heterocycles. The molecule has 104 aliphatic rings. The fraction of sp³-hybridized carbons (Fsp3) is 1.00. The molecule has 568 valence electrons. The van der Waals surface area contributed by atoms with Crippen molar-refractivity contribution in [1.29, 1.82) is 0 Å². The molecule has 84 spiro atoms. The topological polar surface area (TPSA) is 0 Å². The molecule has 0 N–H and O–H groups in total. The van der Waals surface area contributed by atoms with Gasteiger partial charge < -0.3 is 0 Å². The maximum atomic E-state index is 2.16. The Labute approximate surface area is 719 Å². The van der Waals surface area contributed by atoms with Crippen LogP contribution in [0.2, 0.25) is 0 Å². The van der Waals surface area contributed by atoms with Gasteiger partial charge in [-0.15, -0.1) is 0 Å². The summed E-state index contributed by atoms with van der Waals surface area (Å²) >= 11 is 0. The van der Waals surface area contributed by atoms with Crippen molar-refractivity contribution in [2.75, 3.05) is 0 Å². The minimum atomic E-state index is 1.01. The van der Waals surface area contributed by atoms with E-state index < -0.39 is 0 Å². The van der Waals surface area contributed by atoms with Crippen LogP contribution in [-0.4, -0.2) is 0 Å². The van der Waals surface area contributed by atoms with Crippen molar-refractivity contribution in [3.63, 3.8) is 0 Å². The summed E-state index contributed by atoms with van der Waals surface area (Å²) in [6.45, 7) is 0. The lowest BCUT2D eigenvalue weighted by Gasteiger charge is -3.84. The average molecular weight is 1600 g/mol. The second kappa shape index (κ2) is 5.29. The first-order valence-electron chi connectivity index (χ1n) is 64.2. The number of hydrogen-bond donors (Lipinski definition) is 0. The van der Waals surface area contributed by atoms with E-state index in [1.54, 1.807) is 0 Å². The Bertz CT molecular complexity index is 11600. The van der Waals surface area contributed by atoms with E-state index in [0.717, 1.165) is 309 Å². The average Bonchev–Trinajstić information content (AvgIpc) is 0.670. The minimum Gasteiger partial charge on any atom is -0.0461 e. The van der Waals surface area contributed by atoms with Gasteiger partial charge in [0.15, 0.2) is 0 Å². The Kier molecular flexibility index (Phi) is 1.61. The zero-order valence-electron chi connectivity index (χ0n) is 68.9. The van der Waals surface area contributed by atoms with Gasteiger partial charge >= 0.3 is 0 Å². The van der Waals surface area contributed by atoms with Crippen molar-refractivity contribution in [2.45, 2.75) is 44.9 Å². The second-order valence-corrected chi connectivity index (χ2v) is 88.2. The Morgan fingerprint density at radius 2 is 0.450 bits per heavy atom. The van der Waals surface area contributed by atoms with Crippen LogP contribution in [0.15, 0.2) is 0 Å². The highest BCUT2D eigenvalue weighted by Gasteiger charge is 3.94. The maximum absolute atomic E-state index is 2.16. The SMILES string of the molecule is C1C2CC3C4C5CC6C7C89CCC%10%11CC%12C%13C%14C%15C%16C%17C%18C%19C%20C%21C%22C%23C%24CC%25C%26C%27C%28C%29C%30C1C21C2C%31C%32C%33C%34C%35C%36C%37C3%38C43C4C56C75C46C34C%383C%377C%36%37C%35%36C%34%35C%33%34C%32%33C%31%32C2%31C%301C%291C%282C%27%28C%26%27C%25%24C%23%24C%22%23C%21%22C%20%21C%19%20C%18%19C%17%18C%16%17C%15%16C%14%15C%13%14C%12%10C%10%12C%11C%11C8C8%13C%11%10C%10%11C%12%14C%15%12C%16%14C%17%15C%18%16C%19%17C%20%18C%21%19C%22%20C%23%21C%27%24C%28%22C2%23C1%31C%321C%332C%34%24C%35%25C%36%26C%37%27C7%28C37C43C6(C958)C%13%10C34C%11%12C%143C%155C%166C%178C%189C%19%10C%20%11C%22%21C%231C2%11C%24%10C%259C%268C%276C%285C743. The summed E-state index contributed by atoms with van der Waals surface area (Å²) in [4.78, 5) is 0. The van der Waals surface area contributed by atoms with E-state index in [1.165, 1.54) is 371 Å². The lowest BCUT2D eigenvalue weighted by Crippen LogP contribution is -3.79. The number of hydrogen-bond acceptors (Lipinski definition) is 0. The highest BCUT2D eigenvalue weighted by atomic mass is 16.0. The van der Waals surface area contributed by atoms with E-state index in [-0.39, 0.29) is 0 Å². The van der Waals surface area contributed by atoms with E-state index >= 15 is 0 Å². The van der Waals surface area contributed by atoms with Crippen molar-refractivity contribution in [2.24, 2.45) is 452 Å². The van der Waals surface area contributed by atoms with Crippen LogP contribution in [0.25, 0.3) is 0 Å². The van der Waals surface area contributed by atoms with Crippen LogP contribution < -0.4 is 0 Å². The van der Waals surface area contributed by atoms with Gasteiger partial charge in [0, 0.05) is 0 Å². The van der Waals surface area contributed by atoms with E-state index in [1.807, 2.05) is 32.1 Å². The summed E-state index contributed by atoms with van der Waals surface area (Å²) in [5.41, 5.74) is 96.0. The summed E-state index contributed by atoms with van der Waals surface area (Å²) in [6.07, 6.45) is 14.3. The summed E-state index contributed by atoms with van der Waals surface area (Å²) in [7, 11) is 0. The first-order valence-corrected chi connectivity index (χ1v) is 64.2. The van der Waals surface area contributed by atoms with Crippen LogP contribution in [0, 0.1) is 680 Å². The Hall–Kier alpha value is 0. The molecule has 104 rings (SSSR count). The molecule has 0 nitrogen and oxygen atoms in total. The molecule has 0 radical (unpaired) electrons. The lowest BCUT2D eigenvalue weighted by molar-refractivity contribution is -1.06. The molecular weight excluding hydrogens is 1550 g/mol. The summed E-state index contributed by atoms with van der Waals surface area (Å²) in [5, 5.41) is 0. The Morgan fingerprint density at radius 1 is 0.132 bits per heavy atom. The third-order valence-electron chi connectivity index (χ3n) is 123. The van der Waals surface area contributed by atoms with Crippen molar-refractivity contribution >= 4 is 0 Å². The van der Waals surface area contributed by atoms with Gasteiger partial charge in [-0.2, -0.15) is 0 Å². The van der Waals surface area contributed by atoms with E-state index in [9.17, 15) is 0 Å². The molecule has 104 saturated carbocycles. The molecule has 0 aromatic carbocycles. The fourth-order valence-electron chi connectivity index (χ4n) is 165. The van der Waals surface area contributed by atoms with Crippen molar-refractivity contribution < 1.29 is 0 Å². The molecule has 0 aromatic heterocycles. The smallest absolute Gasteiger partial charge is 0.00000138 e. The van der Waals surface area contributed by atoms with Gasteiger partial charge in [0.1, 0.15) is 0 Å². The van der Waals surface area contributed by atoms with Crippen LogP contribution in [0.5, 0.6) is 0 Å². The van der Waals surface area contributed by atoms with E-state index in [0.29, 0.717) is 0 Å². The lowest BCUT2D eigenvalue weighted by atomic mass is 8.17. The molecule has 104 aliphatic carbocycles. The number of fused-ring (bicyclic) bond motifs is 21.